The smallest absolute Gasteiger partial charge is 0.337 e. The highest BCUT2D eigenvalue weighted by Gasteiger charge is 2.11. The normalized spacial score (nSPS) is 10.8. The van der Waals surface area contributed by atoms with Gasteiger partial charge >= 0.3 is 5.97 Å². The van der Waals surface area contributed by atoms with E-state index in [1.165, 1.54) is 12.7 Å². The molecule has 0 aliphatic carbocycles. The Morgan fingerprint density at radius 3 is 2.50 bits per heavy atom. The Morgan fingerprint density at radius 2 is 1.83 bits per heavy atom. The van der Waals surface area contributed by atoms with Gasteiger partial charge in [-0.15, -0.1) is 0 Å². The van der Waals surface area contributed by atoms with Crippen LogP contribution in [0.2, 0.25) is 0 Å². The molecule has 1 heterocycles. The van der Waals surface area contributed by atoms with Crippen LogP contribution < -0.4 is 0 Å². The van der Waals surface area contributed by atoms with Gasteiger partial charge in [-0.2, -0.15) is 0 Å². The summed E-state index contributed by atoms with van der Waals surface area (Å²) in [6, 6.07) is 15.3. The van der Waals surface area contributed by atoms with Gasteiger partial charge in [0.25, 0.3) is 0 Å². The van der Waals surface area contributed by atoms with Gasteiger partial charge in [0.05, 0.1) is 12.7 Å². The lowest BCUT2D eigenvalue weighted by atomic mass is 10.0. The molecule has 0 aliphatic heterocycles. The Bertz CT molecular complexity index is 847. The van der Waals surface area contributed by atoms with Crippen molar-refractivity contribution in [3.05, 3.63) is 65.9 Å². The first-order valence-corrected chi connectivity index (χ1v) is 7.83. The molecule has 1 aromatic heterocycles. The molecule has 4 heteroatoms. The maximum Gasteiger partial charge on any atom is 0.337 e. The largest absolute Gasteiger partial charge is 0.465 e. The number of rotatable bonds is 4. The van der Waals surface area contributed by atoms with E-state index in [1.807, 2.05) is 18.2 Å². The molecule has 0 atom stereocenters. The van der Waals surface area contributed by atoms with Gasteiger partial charge in [0.1, 0.15) is 12.0 Å². The summed E-state index contributed by atoms with van der Waals surface area (Å²) in [5.74, 6) is 0.675. The number of hydrogen-bond donors (Lipinski definition) is 0. The van der Waals surface area contributed by atoms with Crippen molar-refractivity contribution in [1.82, 2.24) is 4.98 Å². The molecule has 3 rings (SSSR count). The minimum Gasteiger partial charge on any atom is -0.465 e. The highest BCUT2D eigenvalue weighted by molar-refractivity contribution is 5.90. The third-order valence-electron chi connectivity index (χ3n) is 3.91. The molecule has 4 nitrogen and oxygen atoms in total. The number of aromatic nitrogens is 1. The minimum absolute atomic E-state index is 0.371. The Labute approximate surface area is 141 Å². The molecule has 2 aromatic carbocycles. The minimum atomic E-state index is -0.371. The summed E-state index contributed by atoms with van der Waals surface area (Å²) in [4.78, 5) is 16.2. The number of carbonyl (C=O) groups excluding carboxylic acids is 1. The Hall–Kier alpha value is -2.88. The topological polar surface area (TPSA) is 52.3 Å². The number of ether oxygens (including phenoxy) is 1. The van der Waals surface area contributed by atoms with E-state index >= 15 is 0 Å². The molecule has 3 aromatic rings. The number of nitrogens with zero attached hydrogens (tertiary/aromatic N) is 1. The summed E-state index contributed by atoms with van der Waals surface area (Å²) >= 11 is 0. The fourth-order valence-corrected chi connectivity index (χ4v) is 2.47. The van der Waals surface area contributed by atoms with Gasteiger partial charge in [-0.1, -0.05) is 38.1 Å². The molecular weight excluding hydrogens is 302 g/mol. The van der Waals surface area contributed by atoms with Crippen LogP contribution in [0.1, 0.15) is 35.7 Å². The third kappa shape index (κ3) is 3.23. The SMILES string of the molecule is COC(=O)c1cccc(-c2coc(-c3ccc(C(C)C)cc3)n2)c1. The summed E-state index contributed by atoms with van der Waals surface area (Å²) < 4.78 is 10.4. The van der Waals surface area contributed by atoms with Crippen molar-refractivity contribution in [1.29, 1.82) is 0 Å². The van der Waals surface area contributed by atoms with Gasteiger partial charge < -0.3 is 9.15 Å². The van der Waals surface area contributed by atoms with E-state index in [0.717, 1.165) is 11.1 Å². The van der Waals surface area contributed by atoms with Crippen LogP contribution in [0.15, 0.2) is 59.2 Å². The van der Waals surface area contributed by atoms with Crippen molar-refractivity contribution in [2.24, 2.45) is 0 Å². The van der Waals surface area contributed by atoms with Gasteiger partial charge in [0.15, 0.2) is 0 Å². The molecule has 122 valence electrons. The first-order valence-electron chi connectivity index (χ1n) is 7.83. The van der Waals surface area contributed by atoms with Crippen LogP contribution in [0.3, 0.4) is 0 Å². The van der Waals surface area contributed by atoms with E-state index in [-0.39, 0.29) is 5.97 Å². The summed E-state index contributed by atoms with van der Waals surface area (Å²) in [6.45, 7) is 4.32. The second kappa shape index (κ2) is 6.71. The van der Waals surface area contributed by atoms with Crippen molar-refractivity contribution in [3.63, 3.8) is 0 Å². The van der Waals surface area contributed by atoms with Crippen LogP contribution in [0, 0.1) is 0 Å². The highest BCUT2D eigenvalue weighted by Crippen LogP contribution is 2.26. The molecule has 0 fully saturated rings. The molecule has 0 unspecified atom stereocenters. The van der Waals surface area contributed by atoms with Crippen molar-refractivity contribution < 1.29 is 13.9 Å². The molecule has 0 N–H and O–H groups in total. The zero-order valence-electron chi connectivity index (χ0n) is 13.9. The number of methoxy groups -OCH3 is 1. The summed E-state index contributed by atoms with van der Waals surface area (Å²) in [5, 5.41) is 0. The molecule has 0 saturated carbocycles. The lowest BCUT2D eigenvalue weighted by molar-refractivity contribution is 0.0601. The standard InChI is InChI=1S/C20H19NO3/c1-13(2)14-7-9-15(10-8-14)19-21-18(12-24-19)16-5-4-6-17(11-16)20(22)23-3/h4-13H,1-3H3. The van der Waals surface area contributed by atoms with Crippen molar-refractivity contribution in [2.75, 3.05) is 7.11 Å². The zero-order chi connectivity index (χ0) is 17.1. The fourth-order valence-electron chi connectivity index (χ4n) is 2.47. The van der Waals surface area contributed by atoms with Gasteiger partial charge in [0, 0.05) is 11.1 Å². The van der Waals surface area contributed by atoms with Crippen LogP contribution >= 0.6 is 0 Å². The van der Waals surface area contributed by atoms with E-state index in [9.17, 15) is 4.79 Å². The molecule has 0 saturated heterocycles. The van der Waals surface area contributed by atoms with Crippen LogP contribution in [0.25, 0.3) is 22.7 Å². The van der Waals surface area contributed by atoms with E-state index in [2.05, 4.69) is 31.0 Å². The number of benzene rings is 2. The Balaban J connectivity index is 1.89. The van der Waals surface area contributed by atoms with Gasteiger partial charge in [-0.25, -0.2) is 9.78 Å². The molecule has 0 bridgehead atoms. The summed E-state index contributed by atoms with van der Waals surface area (Å²) in [6.07, 6.45) is 1.60. The maximum absolute atomic E-state index is 11.6. The number of carbonyl (C=O) groups is 1. The predicted octanol–water partition coefficient (Wildman–Crippen LogP) is 4.92. The zero-order valence-corrected chi connectivity index (χ0v) is 13.9. The van der Waals surface area contributed by atoms with E-state index in [4.69, 9.17) is 9.15 Å². The van der Waals surface area contributed by atoms with Gasteiger partial charge in [-0.3, -0.25) is 0 Å². The van der Waals surface area contributed by atoms with Crippen LogP contribution in [-0.4, -0.2) is 18.1 Å². The van der Waals surface area contributed by atoms with Crippen LogP contribution in [0.5, 0.6) is 0 Å². The van der Waals surface area contributed by atoms with E-state index < -0.39 is 0 Å². The number of oxazole rings is 1. The lowest BCUT2D eigenvalue weighted by Crippen LogP contribution is -2.00. The van der Waals surface area contributed by atoms with E-state index in [1.54, 1.807) is 24.5 Å². The Kier molecular flexibility index (Phi) is 4.47. The van der Waals surface area contributed by atoms with Crippen molar-refractivity contribution >= 4 is 5.97 Å². The monoisotopic (exact) mass is 321 g/mol. The van der Waals surface area contributed by atoms with Gasteiger partial charge in [0.2, 0.25) is 5.89 Å². The Morgan fingerprint density at radius 1 is 1.08 bits per heavy atom. The molecule has 0 radical (unpaired) electrons. The number of hydrogen-bond acceptors (Lipinski definition) is 4. The third-order valence-corrected chi connectivity index (χ3v) is 3.91. The lowest BCUT2D eigenvalue weighted by Gasteiger charge is -2.04. The number of esters is 1. The second-order valence-corrected chi connectivity index (χ2v) is 5.89. The average Bonchev–Trinajstić information content (AvgIpc) is 3.11. The van der Waals surface area contributed by atoms with E-state index in [0.29, 0.717) is 23.1 Å². The quantitative estimate of drug-likeness (QED) is 0.640. The predicted molar refractivity (Wildman–Crippen MR) is 92.8 cm³/mol. The summed E-state index contributed by atoms with van der Waals surface area (Å²) in [7, 11) is 1.37. The molecule has 0 spiro atoms. The fraction of sp³-hybridized carbons (Fsp3) is 0.200. The highest BCUT2D eigenvalue weighted by atomic mass is 16.5. The first kappa shape index (κ1) is 16.0. The molecular formula is C20H19NO3. The van der Waals surface area contributed by atoms with Crippen molar-refractivity contribution in [2.45, 2.75) is 19.8 Å². The molecule has 24 heavy (non-hydrogen) atoms. The summed E-state index contributed by atoms with van der Waals surface area (Å²) in [5.41, 5.74) is 4.18. The second-order valence-electron chi connectivity index (χ2n) is 5.89. The van der Waals surface area contributed by atoms with Crippen LogP contribution in [-0.2, 0) is 4.74 Å². The molecule has 0 aliphatic rings. The average molecular weight is 321 g/mol. The molecule has 0 amide bonds. The van der Waals surface area contributed by atoms with Crippen molar-refractivity contribution in [3.8, 4) is 22.7 Å². The van der Waals surface area contributed by atoms with Gasteiger partial charge in [-0.05, 0) is 35.7 Å². The maximum atomic E-state index is 11.6. The van der Waals surface area contributed by atoms with Crippen LogP contribution in [0.4, 0.5) is 0 Å². The first-order chi connectivity index (χ1) is 11.6.